The van der Waals surface area contributed by atoms with Crippen LogP contribution in [0.1, 0.15) is 36.5 Å². The molecule has 1 heterocycles. The zero-order chi connectivity index (χ0) is 12.0. The van der Waals surface area contributed by atoms with Crippen LogP contribution in [0.15, 0.2) is 22.7 Å². The third-order valence-electron chi connectivity index (χ3n) is 4.07. The first-order valence-corrected chi connectivity index (χ1v) is 7.01. The van der Waals surface area contributed by atoms with Crippen LogP contribution >= 0.6 is 15.9 Å². The van der Waals surface area contributed by atoms with E-state index in [0.717, 1.165) is 22.0 Å². The smallest absolute Gasteiger partial charge is 0.160 e. The van der Waals surface area contributed by atoms with Crippen molar-refractivity contribution < 1.29 is 4.79 Å². The fraction of sp³-hybridized carbons (Fsp3) is 0.500. The van der Waals surface area contributed by atoms with Gasteiger partial charge in [-0.05, 0) is 66.2 Å². The van der Waals surface area contributed by atoms with Crippen LogP contribution in [0.25, 0.3) is 0 Å². The van der Waals surface area contributed by atoms with Gasteiger partial charge in [0.2, 0.25) is 0 Å². The molecule has 1 aromatic carbocycles. The van der Waals surface area contributed by atoms with Crippen molar-refractivity contribution in [3.8, 4) is 0 Å². The second-order valence-electron chi connectivity index (χ2n) is 5.21. The number of anilines is 1. The van der Waals surface area contributed by atoms with Crippen molar-refractivity contribution in [2.75, 3.05) is 11.4 Å². The topological polar surface area (TPSA) is 20.3 Å². The average Bonchev–Trinajstić information content (AvgIpc) is 2.89. The lowest BCUT2D eigenvalue weighted by Crippen LogP contribution is -2.31. The standard InChI is InChI=1S/C14H16BrNO/c1-9(17)13-5-4-12(7-14(13)15)16-8-10-2-3-11(16)6-10/h4-5,7,10-11H,2-3,6,8H2,1H3. The van der Waals surface area contributed by atoms with E-state index < -0.39 is 0 Å². The Morgan fingerprint density at radius 2 is 2.24 bits per heavy atom. The third kappa shape index (κ3) is 1.90. The van der Waals surface area contributed by atoms with Crippen molar-refractivity contribution >= 4 is 27.4 Å². The van der Waals surface area contributed by atoms with Crippen molar-refractivity contribution in [2.24, 2.45) is 5.92 Å². The number of rotatable bonds is 2. The van der Waals surface area contributed by atoms with E-state index in [1.54, 1.807) is 6.92 Å². The van der Waals surface area contributed by atoms with E-state index in [1.165, 1.54) is 31.5 Å². The number of benzene rings is 1. The fourth-order valence-corrected chi connectivity index (χ4v) is 3.86. The predicted octanol–water partition coefficient (Wildman–Crippen LogP) is 3.64. The van der Waals surface area contributed by atoms with E-state index in [0.29, 0.717) is 0 Å². The highest BCUT2D eigenvalue weighted by Gasteiger charge is 2.37. The molecule has 1 saturated heterocycles. The molecular weight excluding hydrogens is 278 g/mol. The molecule has 3 heteroatoms. The second-order valence-corrected chi connectivity index (χ2v) is 6.06. The minimum absolute atomic E-state index is 0.117. The number of carbonyl (C=O) groups excluding carboxylic acids is 1. The number of hydrogen-bond donors (Lipinski definition) is 0. The maximum absolute atomic E-state index is 11.4. The number of piperidine rings is 1. The van der Waals surface area contributed by atoms with Gasteiger partial charge in [-0.1, -0.05) is 0 Å². The summed E-state index contributed by atoms with van der Waals surface area (Å²) < 4.78 is 0.922. The molecule has 3 rings (SSSR count). The van der Waals surface area contributed by atoms with E-state index in [2.05, 4.69) is 33.0 Å². The van der Waals surface area contributed by atoms with Crippen LogP contribution in [0, 0.1) is 5.92 Å². The van der Waals surface area contributed by atoms with Gasteiger partial charge in [-0.15, -0.1) is 0 Å². The van der Waals surface area contributed by atoms with Crippen LogP contribution in [0.2, 0.25) is 0 Å². The van der Waals surface area contributed by atoms with Gasteiger partial charge in [-0.25, -0.2) is 0 Å². The minimum Gasteiger partial charge on any atom is -0.368 e. The molecule has 1 aliphatic carbocycles. The molecule has 90 valence electrons. The Labute approximate surface area is 110 Å². The molecule has 0 amide bonds. The molecule has 1 aromatic rings. The minimum atomic E-state index is 0.117. The van der Waals surface area contributed by atoms with Crippen molar-refractivity contribution in [3.63, 3.8) is 0 Å². The summed E-state index contributed by atoms with van der Waals surface area (Å²) in [6, 6.07) is 6.85. The number of nitrogens with zero attached hydrogens (tertiary/aromatic N) is 1. The van der Waals surface area contributed by atoms with Gasteiger partial charge in [0.25, 0.3) is 0 Å². The van der Waals surface area contributed by atoms with Crippen LogP contribution < -0.4 is 4.90 Å². The highest BCUT2D eigenvalue weighted by atomic mass is 79.9. The molecule has 2 bridgehead atoms. The van der Waals surface area contributed by atoms with Gasteiger partial charge in [-0.2, -0.15) is 0 Å². The molecular formula is C14H16BrNO. The molecule has 0 spiro atoms. The first-order chi connectivity index (χ1) is 8.15. The number of halogens is 1. The lowest BCUT2D eigenvalue weighted by molar-refractivity contribution is 0.101. The Hall–Kier alpha value is -0.830. The lowest BCUT2D eigenvalue weighted by Gasteiger charge is -2.29. The summed E-state index contributed by atoms with van der Waals surface area (Å²) in [5.74, 6) is 1.01. The largest absolute Gasteiger partial charge is 0.368 e. The van der Waals surface area contributed by atoms with Crippen molar-refractivity contribution in [2.45, 2.75) is 32.2 Å². The molecule has 17 heavy (non-hydrogen) atoms. The molecule has 2 fully saturated rings. The Morgan fingerprint density at radius 3 is 2.76 bits per heavy atom. The van der Waals surface area contributed by atoms with Crippen molar-refractivity contribution in [1.29, 1.82) is 0 Å². The average molecular weight is 294 g/mol. The number of hydrogen-bond acceptors (Lipinski definition) is 2. The molecule has 0 radical (unpaired) electrons. The molecule has 2 aliphatic rings. The summed E-state index contributed by atoms with van der Waals surface area (Å²) in [6.07, 6.45) is 4.08. The molecule has 0 aromatic heterocycles. The molecule has 1 aliphatic heterocycles. The second kappa shape index (κ2) is 4.13. The van der Waals surface area contributed by atoms with Gasteiger partial charge >= 0.3 is 0 Å². The van der Waals surface area contributed by atoms with Gasteiger partial charge in [0.05, 0.1) is 0 Å². The molecule has 2 atom stereocenters. The van der Waals surface area contributed by atoms with Gasteiger partial charge in [0, 0.05) is 28.3 Å². The summed E-state index contributed by atoms with van der Waals surface area (Å²) >= 11 is 3.50. The Kier molecular flexibility index (Phi) is 2.74. The normalized spacial score (nSPS) is 26.6. The lowest BCUT2D eigenvalue weighted by atomic mass is 10.1. The Bertz CT molecular complexity index is 471. The number of Topliss-reactive ketones (excluding diaryl/α,β-unsaturated/α-hetero) is 1. The molecule has 1 saturated carbocycles. The highest BCUT2D eigenvalue weighted by Crippen LogP contribution is 2.40. The van der Waals surface area contributed by atoms with E-state index in [1.807, 2.05) is 6.07 Å². The Morgan fingerprint density at radius 1 is 1.41 bits per heavy atom. The van der Waals surface area contributed by atoms with Crippen LogP contribution in [-0.4, -0.2) is 18.4 Å². The number of ketones is 1. The predicted molar refractivity (Wildman–Crippen MR) is 72.6 cm³/mol. The SMILES string of the molecule is CC(=O)c1ccc(N2CC3CCC2C3)cc1Br. The van der Waals surface area contributed by atoms with Crippen molar-refractivity contribution in [1.82, 2.24) is 0 Å². The highest BCUT2D eigenvalue weighted by molar-refractivity contribution is 9.10. The third-order valence-corrected chi connectivity index (χ3v) is 4.73. The van der Waals surface area contributed by atoms with E-state index in [4.69, 9.17) is 0 Å². The monoisotopic (exact) mass is 293 g/mol. The van der Waals surface area contributed by atoms with Crippen LogP contribution in [0.4, 0.5) is 5.69 Å². The summed E-state index contributed by atoms with van der Waals surface area (Å²) in [6.45, 7) is 2.80. The molecule has 2 unspecified atom stereocenters. The maximum atomic E-state index is 11.4. The molecule has 2 nitrogen and oxygen atoms in total. The van der Waals surface area contributed by atoms with Gasteiger partial charge < -0.3 is 4.90 Å². The summed E-state index contributed by atoms with van der Waals surface area (Å²) in [4.78, 5) is 13.9. The van der Waals surface area contributed by atoms with Gasteiger partial charge in [0.15, 0.2) is 5.78 Å². The van der Waals surface area contributed by atoms with Gasteiger partial charge in [0.1, 0.15) is 0 Å². The van der Waals surface area contributed by atoms with E-state index in [9.17, 15) is 4.79 Å². The van der Waals surface area contributed by atoms with Crippen LogP contribution in [0.5, 0.6) is 0 Å². The zero-order valence-corrected chi connectivity index (χ0v) is 11.5. The number of fused-ring (bicyclic) bond motifs is 2. The van der Waals surface area contributed by atoms with Crippen molar-refractivity contribution in [3.05, 3.63) is 28.2 Å². The zero-order valence-electron chi connectivity index (χ0n) is 9.95. The first kappa shape index (κ1) is 11.3. The number of carbonyl (C=O) groups is 1. The Balaban J connectivity index is 1.89. The fourth-order valence-electron chi connectivity index (χ4n) is 3.21. The maximum Gasteiger partial charge on any atom is 0.160 e. The van der Waals surface area contributed by atoms with Crippen LogP contribution in [0.3, 0.4) is 0 Å². The van der Waals surface area contributed by atoms with E-state index >= 15 is 0 Å². The molecule has 0 N–H and O–H groups in total. The first-order valence-electron chi connectivity index (χ1n) is 6.22. The van der Waals surface area contributed by atoms with Crippen LogP contribution in [-0.2, 0) is 0 Å². The van der Waals surface area contributed by atoms with Gasteiger partial charge in [-0.3, -0.25) is 4.79 Å². The summed E-state index contributed by atoms with van der Waals surface area (Å²) in [7, 11) is 0. The quantitative estimate of drug-likeness (QED) is 0.776. The van der Waals surface area contributed by atoms with E-state index in [-0.39, 0.29) is 5.78 Å². The summed E-state index contributed by atoms with van der Waals surface area (Å²) in [5, 5.41) is 0. The summed E-state index contributed by atoms with van der Waals surface area (Å²) in [5.41, 5.74) is 2.03.